The van der Waals surface area contributed by atoms with Crippen molar-refractivity contribution in [3.8, 4) is 0 Å². The lowest BCUT2D eigenvalue weighted by atomic mass is 10.0. The molecular weight excluding hydrogens is 270 g/mol. The predicted octanol–water partition coefficient (Wildman–Crippen LogP) is 1.65. The summed E-state index contributed by atoms with van der Waals surface area (Å²) in [5.41, 5.74) is 0. The molecule has 3 rings (SSSR count). The van der Waals surface area contributed by atoms with Gasteiger partial charge in [0.25, 0.3) is 0 Å². The van der Waals surface area contributed by atoms with Gasteiger partial charge in [-0.1, -0.05) is 15.9 Å². The van der Waals surface area contributed by atoms with Crippen LogP contribution in [0.1, 0.15) is 19.3 Å². The third-order valence-corrected chi connectivity index (χ3v) is 5.03. The van der Waals surface area contributed by atoms with Crippen LogP contribution < -0.4 is 0 Å². The van der Waals surface area contributed by atoms with Gasteiger partial charge in [-0.15, -0.1) is 0 Å². The number of hydrogen-bond donors (Lipinski definition) is 0. The van der Waals surface area contributed by atoms with Crippen LogP contribution in [0.4, 0.5) is 0 Å². The standard InChI is InChI=1S/C12H18BrNO2/c13-6-11-7-16-2-1-14(11)12(15)10-4-8-3-9(8)5-10/h8-11H,1-7H2. The first-order chi connectivity index (χ1) is 7.79. The Morgan fingerprint density at radius 2 is 2.06 bits per heavy atom. The summed E-state index contributed by atoms with van der Waals surface area (Å²) in [4.78, 5) is 14.4. The summed E-state index contributed by atoms with van der Waals surface area (Å²) in [6.07, 6.45) is 3.68. The van der Waals surface area contributed by atoms with E-state index in [9.17, 15) is 4.79 Å². The average molecular weight is 288 g/mol. The fraction of sp³-hybridized carbons (Fsp3) is 0.917. The zero-order valence-electron chi connectivity index (χ0n) is 9.40. The van der Waals surface area contributed by atoms with E-state index < -0.39 is 0 Å². The van der Waals surface area contributed by atoms with Crippen LogP contribution in [0, 0.1) is 17.8 Å². The first kappa shape index (κ1) is 11.0. The number of carbonyl (C=O) groups excluding carboxylic acids is 1. The molecule has 0 radical (unpaired) electrons. The maximum Gasteiger partial charge on any atom is 0.226 e. The van der Waals surface area contributed by atoms with Crippen molar-refractivity contribution >= 4 is 21.8 Å². The molecule has 0 bridgehead atoms. The molecule has 16 heavy (non-hydrogen) atoms. The van der Waals surface area contributed by atoms with Crippen molar-refractivity contribution in [2.45, 2.75) is 25.3 Å². The molecule has 3 atom stereocenters. The van der Waals surface area contributed by atoms with E-state index in [-0.39, 0.29) is 6.04 Å². The molecule has 90 valence electrons. The van der Waals surface area contributed by atoms with Gasteiger partial charge in [0.1, 0.15) is 0 Å². The fourth-order valence-corrected chi connectivity index (χ4v) is 3.76. The van der Waals surface area contributed by atoms with E-state index >= 15 is 0 Å². The molecule has 4 heteroatoms. The number of carbonyl (C=O) groups is 1. The van der Waals surface area contributed by atoms with E-state index in [2.05, 4.69) is 15.9 Å². The first-order valence-corrected chi connectivity index (χ1v) is 7.36. The van der Waals surface area contributed by atoms with Crippen molar-refractivity contribution in [2.24, 2.45) is 17.8 Å². The van der Waals surface area contributed by atoms with E-state index in [1.165, 1.54) is 6.42 Å². The number of morpholine rings is 1. The lowest BCUT2D eigenvalue weighted by Crippen LogP contribution is -2.51. The average Bonchev–Trinajstić information content (AvgIpc) is 2.95. The minimum atomic E-state index is 0.248. The third-order valence-electron chi connectivity index (χ3n) is 4.28. The second-order valence-electron chi connectivity index (χ2n) is 5.34. The van der Waals surface area contributed by atoms with E-state index in [0.29, 0.717) is 25.0 Å². The van der Waals surface area contributed by atoms with Crippen LogP contribution in [0.2, 0.25) is 0 Å². The van der Waals surface area contributed by atoms with Crippen LogP contribution in [0.5, 0.6) is 0 Å². The van der Waals surface area contributed by atoms with Crippen molar-refractivity contribution < 1.29 is 9.53 Å². The van der Waals surface area contributed by atoms with Crippen LogP contribution in [-0.4, -0.2) is 41.9 Å². The topological polar surface area (TPSA) is 29.5 Å². The van der Waals surface area contributed by atoms with Crippen LogP contribution in [0.3, 0.4) is 0 Å². The number of fused-ring (bicyclic) bond motifs is 1. The zero-order valence-corrected chi connectivity index (χ0v) is 11.0. The number of hydrogen-bond acceptors (Lipinski definition) is 2. The van der Waals surface area contributed by atoms with Gasteiger partial charge in [-0.25, -0.2) is 0 Å². The molecule has 0 aromatic heterocycles. The lowest BCUT2D eigenvalue weighted by molar-refractivity contribution is -0.143. The summed E-state index contributed by atoms with van der Waals surface area (Å²) in [5.74, 6) is 2.48. The quantitative estimate of drug-likeness (QED) is 0.723. The molecule has 0 spiro atoms. The lowest BCUT2D eigenvalue weighted by Gasteiger charge is -2.36. The molecule has 1 amide bonds. The second-order valence-corrected chi connectivity index (χ2v) is 5.99. The molecule has 0 N–H and O–H groups in total. The highest BCUT2D eigenvalue weighted by molar-refractivity contribution is 9.09. The summed E-state index contributed by atoms with van der Waals surface area (Å²) < 4.78 is 5.42. The van der Waals surface area contributed by atoms with Gasteiger partial charge in [0, 0.05) is 17.8 Å². The van der Waals surface area contributed by atoms with Crippen molar-refractivity contribution in [3.63, 3.8) is 0 Å². The Bertz CT molecular complexity index is 287. The molecule has 0 aromatic rings. The highest BCUT2D eigenvalue weighted by Crippen LogP contribution is 2.54. The highest BCUT2D eigenvalue weighted by atomic mass is 79.9. The van der Waals surface area contributed by atoms with E-state index in [1.54, 1.807) is 0 Å². The van der Waals surface area contributed by atoms with Crippen LogP contribution in [0.25, 0.3) is 0 Å². The van der Waals surface area contributed by atoms with E-state index in [4.69, 9.17) is 4.74 Å². The molecule has 3 unspecified atom stereocenters. The summed E-state index contributed by atoms with van der Waals surface area (Å²) in [5, 5.41) is 0.832. The monoisotopic (exact) mass is 287 g/mol. The zero-order chi connectivity index (χ0) is 11.1. The number of amides is 1. The minimum absolute atomic E-state index is 0.248. The maximum atomic E-state index is 12.4. The fourth-order valence-electron chi connectivity index (χ4n) is 3.22. The Hall–Kier alpha value is -0.0900. The summed E-state index contributed by atoms with van der Waals surface area (Å²) in [6.45, 7) is 2.17. The molecule has 0 aromatic carbocycles. The van der Waals surface area contributed by atoms with Gasteiger partial charge in [-0.3, -0.25) is 4.79 Å². The summed E-state index contributed by atoms with van der Waals surface area (Å²) in [6, 6.07) is 0.248. The minimum Gasteiger partial charge on any atom is -0.377 e. The molecule has 1 saturated heterocycles. The SMILES string of the molecule is O=C(C1CC2CC2C1)N1CCOCC1CBr. The van der Waals surface area contributed by atoms with Gasteiger partial charge >= 0.3 is 0 Å². The van der Waals surface area contributed by atoms with Gasteiger partial charge < -0.3 is 9.64 Å². The first-order valence-electron chi connectivity index (χ1n) is 6.23. The summed E-state index contributed by atoms with van der Waals surface area (Å²) >= 11 is 3.47. The Labute approximate surface area is 105 Å². The smallest absolute Gasteiger partial charge is 0.226 e. The van der Waals surface area contributed by atoms with Gasteiger partial charge in [0.2, 0.25) is 5.91 Å². The summed E-state index contributed by atoms with van der Waals surface area (Å²) in [7, 11) is 0. The Morgan fingerprint density at radius 1 is 1.31 bits per heavy atom. The molecular formula is C12H18BrNO2. The number of halogens is 1. The molecule has 3 fully saturated rings. The third kappa shape index (κ3) is 1.90. The van der Waals surface area contributed by atoms with Crippen molar-refractivity contribution in [1.82, 2.24) is 4.90 Å². The Kier molecular flexibility index (Phi) is 2.96. The van der Waals surface area contributed by atoms with Gasteiger partial charge in [0.15, 0.2) is 0 Å². The van der Waals surface area contributed by atoms with Gasteiger partial charge in [0.05, 0.1) is 19.3 Å². The van der Waals surface area contributed by atoms with Crippen molar-refractivity contribution in [3.05, 3.63) is 0 Å². The normalized spacial score (nSPS) is 41.9. The second kappa shape index (κ2) is 4.30. The number of ether oxygens (including phenoxy) is 1. The Morgan fingerprint density at radius 3 is 2.75 bits per heavy atom. The largest absolute Gasteiger partial charge is 0.377 e. The predicted molar refractivity (Wildman–Crippen MR) is 64.4 cm³/mol. The van der Waals surface area contributed by atoms with Crippen LogP contribution in [-0.2, 0) is 9.53 Å². The number of nitrogens with zero attached hydrogens (tertiary/aromatic N) is 1. The van der Waals surface area contributed by atoms with Crippen LogP contribution in [0.15, 0.2) is 0 Å². The maximum absolute atomic E-state index is 12.4. The van der Waals surface area contributed by atoms with Crippen molar-refractivity contribution in [2.75, 3.05) is 25.1 Å². The van der Waals surface area contributed by atoms with Gasteiger partial charge in [-0.05, 0) is 31.1 Å². The van der Waals surface area contributed by atoms with E-state index in [1.807, 2.05) is 4.90 Å². The molecule has 3 aliphatic rings. The molecule has 2 aliphatic carbocycles. The molecule has 3 nitrogen and oxygen atoms in total. The molecule has 2 saturated carbocycles. The van der Waals surface area contributed by atoms with Crippen molar-refractivity contribution in [1.29, 1.82) is 0 Å². The number of rotatable bonds is 2. The van der Waals surface area contributed by atoms with Gasteiger partial charge in [-0.2, -0.15) is 0 Å². The molecule has 1 aliphatic heterocycles. The van der Waals surface area contributed by atoms with Crippen LogP contribution >= 0.6 is 15.9 Å². The number of alkyl halides is 1. The van der Waals surface area contributed by atoms with E-state index in [0.717, 1.165) is 36.6 Å². The molecule has 1 heterocycles. The highest BCUT2D eigenvalue weighted by Gasteiger charge is 2.49. The Balaban J connectivity index is 1.63.